The third kappa shape index (κ3) is 3.62. The standard InChI is InChI=1S/C13H13BrF3N3O/c1-2-3-10(18)12-19-11(20-21-12)8-5-4-7(14)6-9(8)13(15,16)17/h4-6,10H,2-3,18H2,1H3/t10-/m0/s1. The molecular weight excluding hydrogens is 351 g/mol. The van der Waals surface area contributed by atoms with Gasteiger partial charge in [-0.3, -0.25) is 0 Å². The normalized spacial score (nSPS) is 13.4. The molecule has 0 radical (unpaired) electrons. The first-order valence-electron chi connectivity index (χ1n) is 6.29. The van der Waals surface area contributed by atoms with Crippen molar-refractivity contribution in [3.63, 3.8) is 0 Å². The van der Waals surface area contributed by atoms with Gasteiger partial charge >= 0.3 is 6.18 Å². The van der Waals surface area contributed by atoms with Crippen molar-refractivity contribution in [2.45, 2.75) is 32.0 Å². The Hall–Kier alpha value is -1.41. The van der Waals surface area contributed by atoms with Crippen LogP contribution in [0.2, 0.25) is 0 Å². The maximum Gasteiger partial charge on any atom is 0.417 e. The van der Waals surface area contributed by atoms with E-state index in [9.17, 15) is 13.2 Å². The van der Waals surface area contributed by atoms with Gasteiger partial charge in [-0.2, -0.15) is 18.2 Å². The molecule has 2 rings (SSSR count). The molecule has 2 N–H and O–H groups in total. The fourth-order valence-corrected chi connectivity index (χ4v) is 2.24. The maximum absolute atomic E-state index is 13.1. The number of alkyl halides is 3. The van der Waals surface area contributed by atoms with Gasteiger partial charge in [-0.15, -0.1) is 0 Å². The average molecular weight is 364 g/mol. The van der Waals surface area contributed by atoms with Crippen LogP contribution in [0.4, 0.5) is 13.2 Å². The van der Waals surface area contributed by atoms with Gasteiger partial charge in [0.25, 0.3) is 0 Å². The first-order valence-corrected chi connectivity index (χ1v) is 7.08. The van der Waals surface area contributed by atoms with E-state index in [0.717, 1.165) is 12.5 Å². The Morgan fingerprint density at radius 3 is 2.71 bits per heavy atom. The van der Waals surface area contributed by atoms with Gasteiger partial charge in [-0.25, -0.2) is 0 Å². The SMILES string of the molecule is CCC[C@H](N)c1nc(-c2ccc(Br)cc2C(F)(F)F)no1. The smallest absolute Gasteiger partial charge is 0.337 e. The number of halogens is 4. The second-order valence-electron chi connectivity index (χ2n) is 4.54. The molecule has 1 atom stereocenters. The number of hydrogen-bond acceptors (Lipinski definition) is 4. The summed E-state index contributed by atoms with van der Waals surface area (Å²) < 4.78 is 44.5. The van der Waals surface area contributed by atoms with E-state index in [2.05, 4.69) is 26.1 Å². The molecule has 0 amide bonds. The second kappa shape index (κ2) is 6.15. The Kier molecular flexibility index (Phi) is 4.67. The molecule has 21 heavy (non-hydrogen) atoms. The highest BCUT2D eigenvalue weighted by Gasteiger charge is 2.35. The summed E-state index contributed by atoms with van der Waals surface area (Å²) in [4.78, 5) is 3.98. The molecule has 1 heterocycles. The van der Waals surface area contributed by atoms with Gasteiger partial charge in [0.1, 0.15) is 0 Å². The van der Waals surface area contributed by atoms with Crippen LogP contribution in [0.5, 0.6) is 0 Å². The van der Waals surface area contributed by atoms with Gasteiger partial charge in [0.15, 0.2) is 0 Å². The summed E-state index contributed by atoms with van der Waals surface area (Å²) in [5.41, 5.74) is 4.86. The van der Waals surface area contributed by atoms with Crippen LogP contribution >= 0.6 is 15.9 Å². The summed E-state index contributed by atoms with van der Waals surface area (Å²) in [5.74, 6) is 0.0271. The molecule has 114 valence electrons. The highest BCUT2D eigenvalue weighted by atomic mass is 79.9. The van der Waals surface area contributed by atoms with E-state index < -0.39 is 17.8 Å². The number of nitrogens with zero attached hydrogens (tertiary/aromatic N) is 2. The predicted octanol–water partition coefficient (Wildman–Crippen LogP) is 4.32. The summed E-state index contributed by atoms with van der Waals surface area (Å²) >= 11 is 3.03. The Bertz CT molecular complexity index is 627. The van der Waals surface area contributed by atoms with Gasteiger partial charge in [0, 0.05) is 10.0 Å². The lowest BCUT2D eigenvalue weighted by molar-refractivity contribution is -0.137. The van der Waals surface area contributed by atoms with Crippen molar-refractivity contribution in [3.8, 4) is 11.4 Å². The van der Waals surface area contributed by atoms with Crippen LogP contribution in [-0.4, -0.2) is 10.1 Å². The fraction of sp³-hybridized carbons (Fsp3) is 0.385. The number of nitrogens with two attached hydrogens (primary N) is 1. The molecule has 2 aromatic rings. The number of rotatable bonds is 4. The van der Waals surface area contributed by atoms with Crippen LogP contribution in [0.1, 0.15) is 37.3 Å². The highest BCUT2D eigenvalue weighted by molar-refractivity contribution is 9.10. The summed E-state index contributed by atoms with van der Waals surface area (Å²) in [6, 6.07) is 3.30. The monoisotopic (exact) mass is 363 g/mol. The largest absolute Gasteiger partial charge is 0.417 e. The van der Waals surface area contributed by atoms with Gasteiger partial charge in [-0.05, 0) is 24.6 Å². The highest BCUT2D eigenvalue weighted by Crippen LogP contribution is 2.37. The van der Waals surface area contributed by atoms with Crippen molar-refractivity contribution in [1.29, 1.82) is 0 Å². The van der Waals surface area contributed by atoms with Gasteiger partial charge in [0.05, 0.1) is 11.6 Å². The van der Waals surface area contributed by atoms with E-state index in [1.807, 2.05) is 6.92 Å². The first-order chi connectivity index (χ1) is 9.82. The number of hydrogen-bond donors (Lipinski definition) is 1. The molecule has 0 aliphatic rings. The van der Waals surface area contributed by atoms with Crippen molar-refractivity contribution >= 4 is 15.9 Å². The molecule has 0 saturated heterocycles. The van der Waals surface area contributed by atoms with E-state index in [4.69, 9.17) is 10.3 Å². The maximum atomic E-state index is 13.1. The Morgan fingerprint density at radius 1 is 1.38 bits per heavy atom. The molecule has 0 saturated carbocycles. The molecule has 4 nitrogen and oxygen atoms in total. The molecular formula is C13H13BrF3N3O. The summed E-state index contributed by atoms with van der Waals surface area (Å²) in [6.45, 7) is 1.94. The lowest BCUT2D eigenvalue weighted by atomic mass is 10.1. The minimum Gasteiger partial charge on any atom is -0.337 e. The van der Waals surface area contributed by atoms with E-state index in [1.165, 1.54) is 12.1 Å². The zero-order valence-electron chi connectivity index (χ0n) is 11.1. The van der Waals surface area contributed by atoms with Gasteiger partial charge in [0.2, 0.25) is 11.7 Å². The van der Waals surface area contributed by atoms with E-state index in [-0.39, 0.29) is 17.3 Å². The van der Waals surface area contributed by atoms with Crippen LogP contribution in [0.15, 0.2) is 27.2 Å². The van der Waals surface area contributed by atoms with Gasteiger partial charge < -0.3 is 10.3 Å². The van der Waals surface area contributed by atoms with Crippen LogP contribution < -0.4 is 5.73 Å². The minimum atomic E-state index is -4.51. The number of aromatic nitrogens is 2. The molecule has 0 spiro atoms. The molecule has 0 aliphatic carbocycles. The van der Waals surface area contributed by atoms with Crippen molar-refractivity contribution in [1.82, 2.24) is 10.1 Å². The molecule has 1 aromatic heterocycles. The third-order valence-electron chi connectivity index (χ3n) is 2.89. The lowest BCUT2D eigenvalue weighted by Gasteiger charge is -2.10. The van der Waals surface area contributed by atoms with E-state index in [1.54, 1.807) is 0 Å². The Labute approximate surface area is 127 Å². The zero-order valence-corrected chi connectivity index (χ0v) is 12.7. The van der Waals surface area contributed by atoms with Crippen molar-refractivity contribution in [3.05, 3.63) is 34.1 Å². The van der Waals surface area contributed by atoms with E-state index >= 15 is 0 Å². The minimum absolute atomic E-state index is 0.114. The summed E-state index contributed by atoms with van der Waals surface area (Å²) in [6.07, 6.45) is -3.08. The summed E-state index contributed by atoms with van der Waals surface area (Å²) in [5, 5.41) is 3.61. The molecule has 0 aliphatic heterocycles. The van der Waals surface area contributed by atoms with Crippen LogP contribution in [0, 0.1) is 0 Å². The molecule has 1 aromatic carbocycles. The lowest BCUT2D eigenvalue weighted by Crippen LogP contribution is -2.10. The van der Waals surface area contributed by atoms with Crippen molar-refractivity contribution < 1.29 is 17.7 Å². The van der Waals surface area contributed by atoms with Crippen molar-refractivity contribution in [2.75, 3.05) is 0 Å². The van der Waals surface area contributed by atoms with Crippen LogP contribution in [0.25, 0.3) is 11.4 Å². The Morgan fingerprint density at radius 2 is 2.10 bits per heavy atom. The second-order valence-corrected chi connectivity index (χ2v) is 5.45. The molecule has 0 unspecified atom stereocenters. The Balaban J connectivity index is 2.43. The molecule has 0 fully saturated rings. The fourth-order valence-electron chi connectivity index (χ4n) is 1.88. The topological polar surface area (TPSA) is 64.9 Å². The zero-order chi connectivity index (χ0) is 15.6. The summed E-state index contributed by atoms with van der Waals surface area (Å²) in [7, 11) is 0. The van der Waals surface area contributed by atoms with Crippen LogP contribution in [-0.2, 0) is 6.18 Å². The molecule has 0 bridgehead atoms. The van der Waals surface area contributed by atoms with E-state index in [0.29, 0.717) is 10.9 Å². The molecule has 8 heteroatoms. The average Bonchev–Trinajstić information content (AvgIpc) is 2.87. The van der Waals surface area contributed by atoms with Gasteiger partial charge in [-0.1, -0.05) is 34.4 Å². The third-order valence-corrected chi connectivity index (χ3v) is 3.38. The quantitative estimate of drug-likeness (QED) is 0.878. The first kappa shape index (κ1) is 16.0. The number of benzene rings is 1. The predicted molar refractivity (Wildman–Crippen MR) is 74.3 cm³/mol. The van der Waals surface area contributed by atoms with Crippen LogP contribution in [0.3, 0.4) is 0 Å². The van der Waals surface area contributed by atoms with Crippen molar-refractivity contribution in [2.24, 2.45) is 5.73 Å².